The molecule has 11 nitrogen and oxygen atoms in total. The molecule has 0 spiro atoms. The quantitative estimate of drug-likeness (QED) is 0.322. The van der Waals surface area contributed by atoms with Crippen LogP contribution in [0.1, 0.15) is 42.4 Å². The number of nitrogens with zero attached hydrogens (tertiary/aromatic N) is 4. The predicted molar refractivity (Wildman–Crippen MR) is 172 cm³/mol. The summed E-state index contributed by atoms with van der Waals surface area (Å²) >= 11 is 0. The zero-order valence-electron chi connectivity index (χ0n) is 27.2. The van der Waals surface area contributed by atoms with Gasteiger partial charge in [-0.2, -0.15) is 4.31 Å². The molecule has 2 fully saturated rings. The molecule has 0 aromatic heterocycles. The first-order valence-electron chi connectivity index (χ1n) is 15.7. The smallest absolute Gasteiger partial charge is 0.410 e. The highest BCUT2D eigenvalue weighted by molar-refractivity contribution is 7.89. The number of methoxy groups -OCH3 is 1. The molecule has 2 aromatic carbocycles. The van der Waals surface area contributed by atoms with E-state index >= 15 is 0 Å². The van der Waals surface area contributed by atoms with Crippen LogP contribution in [0.2, 0.25) is 0 Å². The van der Waals surface area contributed by atoms with E-state index in [1.54, 1.807) is 38.0 Å². The molecule has 2 heterocycles. The van der Waals surface area contributed by atoms with Crippen molar-refractivity contribution in [2.45, 2.75) is 63.1 Å². The van der Waals surface area contributed by atoms with E-state index in [9.17, 15) is 18.0 Å². The Hall–Kier alpha value is -3.19. The lowest BCUT2D eigenvalue weighted by Crippen LogP contribution is -2.57. The van der Waals surface area contributed by atoms with Crippen LogP contribution in [0.25, 0.3) is 0 Å². The second kappa shape index (κ2) is 15.9. The highest BCUT2D eigenvalue weighted by Crippen LogP contribution is 2.28. The van der Waals surface area contributed by atoms with E-state index in [4.69, 9.17) is 14.2 Å². The molecule has 2 aromatic rings. The van der Waals surface area contributed by atoms with Gasteiger partial charge in [-0.1, -0.05) is 30.3 Å². The van der Waals surface area contributed by atoms with Gasteiger partial charge in [-0.15, -0.1) is 0 Å². The minimum atomic E-state index is -3.76. The van der Waals surface area contributed by atoms with Crippen LogP contribution in [0.3, 0.4) is 0 Å². The van der Waals surface area contributed by atoms with Gasteiger partial charge in [0.05, 0.1) is 24.7 Å². The topological polar surface area (TPSA) is 109 Å². The SMILES string of the molecule is COc1cc(C)c(S(=O)(=O)N(C)CCOCC(=O)N2CCC[C@H](N(C(=O)OCc3ccccc3)C3CCN(C)CC3)C2)c(C)c1. The zero-order chi connectivity index (χ0) is 32.6. The van der Waals surface area contributed by atoms with Crippen molar-refractivity contribution in [2.24, 2.45) is 0 Å². The molecule has 4 rings (SSSR count). The molecular weight excluding hydrogens is 596 g/mol. The first-order chi connectivity index (χ1) is 21.5. The summed E-state index contributed by atoms with van der Waals surface area (Å²) in [5.41, 5.74) is 2.14. The van der Waals surface area contributed by atoms with Gasteiger partial charge in [0.15, 0.2) is 0 Å². The third kappa shape index (κ3) is 8.96. The van der Waals surface area contributed by atoms with Crippen LogP contribution in [-0.4, -0.2) is 119 Å². The Labute approximate surface area is 268 Å². The molecule has 0 aliphatic carbocycles. The molecule has 0 saturated carbocycles. The molecule has 2 aliphatic rings. The van der Waals surface area contributed by atoms with Crippen molar-refractivity contribution >= 4 is 22.0 Å². The second-order valence-electron chi connectivity index (χ2n) is 12.1. The maximum atomic E-state index is 13.5. The number of aryl methyl sites for hydroxylation is 2. The molecule has 248 valence electrons. The summed E-state index contributed by atoms with van der Waals surface area (Å²) in [5.74, 6) is 0.431. The number of hydrogen-bond acceptors (Lipinski definition) is 8. The summed E-state index contributed by atoms with van der Waals surface area (Å²) in [6.07, 6.45) is 2.94. The number of rotatable bonds is 12. The summed E-state index contributed by atoms with van der Waals surface area (Å²) in [6, 6.07) is 12.9. The lowest BCUT2D eigenvalue weighted by molar-refractivity contribution is -0.138. The van der Waals surface area contributed by atoms with Crippen LogP contribution in [0.5, 0.6) is 5.75 Å². The van der Waals surface area contributed by atoms with E-state index in [0.717, 1.165) is 44.3 Å². The van der Waals surface area contributed by atoms with Crippen molar-refractivity contribution in [3.63, 3.8) is 0 Å². The molecule has 0 unspecified atom stereocenters. The molecule has 2 aliphatic heterocycles. The van der Waals surface area contributed by atoms with Gasteiger partial charge in [0, 0.05) is 32.7 Å². The van der Waals surface area contributed by atoms with Gasteiger partial charge in [0.1, 0.15) is 19.0 Å². The molecule has 0 bridgehead atoms. The fourth-order valence-corrected chi connectivity index (χ4v) is 7.78. The fourth-order valence-electron chi connectivity index (χ4n) is 6.23. The number of piperidine rings is 2. The molecule has 45 heavy (non-hydrogen) atoms. The van der Waals surface area contributed by atoms with Crippen LogP contribution in [0, 0.1) is 13.8 Å². The monoisotopic (exact) mass is 644 g/mol. The number of likely N-dealkylation sites (tertiary alicyclic amines) is 2. The van der Waals surface area contributed by atoms with Gasteiger partial charge in [-0.05, 0) is 88.5 Å². The minimum absolute atomic E-state index is 0.0521. The van der Waals surface area contributed by atoms with Crippen molar-refractivity contribution < 1.29 is 32.2 Å². The summed E-state index contributed by atoms with van der Waals surface area (Å²) in [4.78, 5) is 32.9. The maximum absolute atomic E-state index is 13.5. The molecule has 0 radical (unpaired) electrons. The Kier molecular flexibility index (Phi) is 12.2. The van der Waals surface area contributed by atoms with Gasteiger partial charge < -0.3 is 28.9 Å². The second-order valence-corrected chi connectivity index (χ2v) is 14.1. The average molecular weight is 645 g/mol. The van der Waals surface area contributed by atoms with Crippen LogP contribution in [-0.2, 0) is 30.9 Å². The molecular formula is C33H48N4O7S. The molecule has 12 heteroatoms. The van der Waals surface area contributed by atoms with E-state index in [2.05, 4.69) is 11.9 Å². The van der Waals surface area contributed by atoms with Gasteiger partial charge in [-0.3, -0.25) is 4.79 Å². The third-order valence-corrected chi connectivity index (χ3v) is 10.9. The van der Waals surface area contributed by atoms with Gasteiger partial charge in [-0.25, -0.2) is 13.2 Å². The highest BCUT2D eigenvalue weighted by atomic mass is 32.2. The normalized spacial score (nSPS) is 18.2. The average Bonchev–Trinajstić information content (AvgIpc) is 3.03. The summed E-state index contributed by atoms with van der Waals surface area (Å²) in [7, 11) is 1.38. The zero-order valence-corrected chi connectivity index (χ0v) is 28.1. The van der Waals surface area contributed by atoms with Crippen molar-refractivity contribution in [1.82, 2.24) is 19.0 Å². The largest absolute Gasteiger partial charge is 0.497 e. The van der Waals surface area contributed by atoms with E-state index in [0.29, 0.717) is 30.0 Å². The molecule has 2 saturated heterocycles. The minimum Gasteiger partial charge on any atom is -0.497 e. The summed E-state index contributed by atoms with van der Waals surface area (Å²) in [5, 5.41) is 0. The molecule has 1 atom stereocenters. The highest BCUT2D eigenvalue weighted by Gasteiger charge is 2.37. The van der Waals surface area contributed by atoms with Crippen LogP contribution in [0.4, 0.5) is 4.79 Å². The maximum Gasteiger partial charge on any atom is 0.410 e. The Balaban J connectivity index is 1.32. The van der Waals surface area contributed by atoms with Gasteiger partial charge >= 0.3 is 6.09 Å². The number of benzene rings is 2. The van der Waals surface area contributed by atoms with Crippen molar-refractivity contribution in [3.05, 3.63) is 59.2 Å². The number of likely N-dealkylation sites (N-methyl/N-ethyl adjacent to an activating group) is 1. The van der Waals surface area contributed by atoms with E-state index in [1.165, 1.54) is 11.4 Å². The predicted octanol–water partition coefficient (Wildman–Crippen LogP) is 3.67. The number of amides is 2. The third-order valence-electron chi connectivity index (χ3n) is 8.75. The summed E-state index contributed by atoms with van der Waals surface area (Å²) < 4.78 is 44.6. The summed E-state index contributed by atoms with van der Waals surface area (Å²) in [6.45, 7) is 6.50. The Morgan fingerprint density at radius 3 is 2.29 bits per heavy atom. The Bertz CT molecular complexity index is 1370. The number of ether oxygens (including phenoxy) is 3. The number of carbonyl (C=O) groups is 2. The van der Waals surface area contributed by atoms with E-state index in [-0.39, 0.29) is 55.3 Å². The van der Waals surface area contributed by atoms with Crippen LogP contribution in [0.15, 0.2) is 47.4 Å². The van der Waals surface area contributed by atoms with Gasteiger partial charge in [0.2, 0.25) is 15.9 Å². The van der Waals surface area contributed by atoms with E-state index < -0.39 is 10.0 Å². The first-order valence-corrected chi connectivity index (χ1v) is 17.1. The number of carbonyl (C=O) groups excluding carboxylic acids is 2. The lowest BCUT2D eigenvalue weighted by Gasteiger charge is -2.44. The standard InChI is InChI=1S/C33H48N4O7S/c1-25-20-30(42-5)21-26(2)32(25)45(40,41)35(4)18-19-43-24-31(38)36-15-9-12-29(22-36)37(28-13-16-34(3)17-14-28)33(39)44-23-27-10-7-6-8-11-27/h6-8,10-11,20-21,28-29H,9,12-19,22-24H2,1-5H3/t29-/m0/s1. The van der Waals surface area contributed by atoms with Crippen molar-refractivity contribution in [3.8, 4) is 5.75 Å². The lowest BCUT2D eigenvalue weighted by atomic mass is 9.97. The number of sulfonamides is 1. The number of hydrogen-bond donors (Lipinski definition) is 0. The van der Waals surface area contributed by atoms with Crippen LogP contribution >= 0.6 is 0 Å². The fraction of sp³-hybridized carbons (Fsp3) is 0.576. The van der Waals surface area contributed by atoms with Crippen LogP contribution < -0.4 is 4.74 Å². The first kappa shape index (κ1) is 34.7. The van der Waals surface area contributed by atoms with Gasteiger partial charge in [0.25, 0.3) is 0 Å². The molecule has 0 N–H and O–H groups in total. The molecule has 2 amide bonds. The Morgan fingerprint density at radius 1 is 0.978 bits per heavy atom. The van der Waals surface area contributed by atoms with Crippen molar-refractivity contribution in [1.29, 1.82) is 0 Å². The van der Waals surface area contributed by atoms with Crippen molar-refractivity contribution in [2.75, 3.05) is 67.1 Å². The van der Waals surface area contributed by atoms with E-state index in [1.807, 2.05) is 35.2 Å². The Morgan fingerprint density at radius 2 is 1.64 bits per heavy atom.